The molecule has 16 heavy (non-hydrogen) atoms. The highest BCUT2D eigenvalue weighted by molar-refractivity contribution is 5.84. The van der Waals surface area contributed by atoms with Crippen molar-refractivity contribution in [3.8, 4) is 5.75 Å². The molecule has 6 heteroatoms. The Morgan fingerprint density at radius 3 is 2.75 bits per heavy atom. The summed E-state index contributed by atoms with van der Waals surface area (Å²) in [4.78, 5) is 21.9. The quantitative estimate of drug-likeness (QED) is 0.568. The van der Waals surface area contributed by atoms with Crippen LogP contribution in [0, 0.1) is 0 Å². The van der Waals surface area contributed by atoms with Crippen molar-refractivity contribution in [1.29, 1.82) is 0 Å². The molecule has 4 N–H and O–H groups in total. The number of rotatable bonds is 1. The summed E-state index contributed by atoms with van der Waals surface area (Å²) in [5, 5.41) is 0. The molecule has 0 saturated carbocycles. The third kappa shape index (κ3) is 2.05. The number of carbonyl (C=O) groups is 2. The Morgan fingerprint density at radius 2 is 2.06 bits per heavy atom. The number of hydrogen-bond acceptors (Lipinski definition) is 3. The molecule has 84 valence electrons. The standard InChI is InChI=1S/C10H11N3O3/c11-10(15)13-12-9(14)8-5-6-3-1-2-4-7(6)16-8/h1-4,8H,5H2,(H,12,14)(H3,11,13,15). The number of benzene rings is 1. The van der Waals surface area contributed by atoms with Gasteiger partial charge in [-0.2, -0.15) is 0 Å². The topological polar surface area (TPSA) is 93.5 Å². The van der Waals surface area contributed by atoms with E-state index in [9.17, 15) is 9.59 Å². The van der Waals surface area contributed by atoms with E-state index in [4.69, 9.17) is 10.5 Å². The third-order valence-corrected chi connectivity index (χ3v) is 2.25. The normalized spacial score (nSPS) is 17.1. The van der Waals surface area contributed by atoms with Gasteiger partial charge >= 0.3 is 6.03 Å². The Morgan fingerprint density at radius 1 is 1.31 bits per heavy atom. The van der Waals surface area contributed by atoms with E-state index >= 15 is 0 Å². The first kappa shape index (κ1) is 10.3. The van der Waals surface area contributed by atoms with Gasteiger partial charge in [-0.1, -0.05) is 18.2 Å². The van der Waals surface area contributed by atoms with Gasteiger partial charge in [0.05, 0.1) is 0 Å². The smallest absolute Gasteiger partial charge is 0.330 e. The molecular weight excluding hydrogens is 210 g/mol. The second-order valence-electron chi connectivity index (χ2n) is 3.40. The van der Waals surface area contributed by atoms with E-state index in [1.54, 1.807) is 6.07 Å². The molecule has 0 saturated heterocycles. The van der Waals surface area contributed by atoms with Gasteiger partial charge in [-0.3, -0.25) is 10.2 Å². The summed E-state index contributed by atoms with van der Waals surface area (Å²) in [6, 6.07) is 6.59. The van der Waals surface area contributed by atoms with Crippen LogP contribution >= 0.6 is 0 Å². The first-order valence-corrected chi connectivity index (χ1v) is 4.76. The van der Waals surface area contributed by atoms with Crippen LogP contribution in [0.4, 0.5) is 4.79 Å². The molecule has 0 radical (unpaired) electrons. The van der Waals surface area contributed by atoms with Gasteiger partial charge in [0.2, 0.25) is 0 Å². The summed E-state index contributed by atoms with van der Waals surface area (Å²) in [5.41, 5.74) is 9.97. The van der Waals surface area contributed by atoms with Crippen LogP contribution < -0.4 is 21.3 Å². The van der Waals surface area contributed by atoms with Gasteiger partial charge in [-0.25, -0.2) is 10.2 Å². The van der Waals surface area contributed by atoms with Gasteiger partial charge in [0.25, 0.3) is 5.91 Å². The van der Waals surface area contributed by atoms with Crippen LogP contribution in [0.2, 0.25) is 0 Å². The zero-order valence-electron chi connectivity index (χ0n) is 8.40. The fraction of sp³-hybridized carbons (Fsp3) is 0.200. The molecule has 2 rings (SSSR count). The molecule has 6 nitrogen and oxygen atoms in total. The lowest BCUT2D eigenvalue weighted by atomic mass is 10.1. The summed E-state index contributed by atoms with van der Waals surface area (Å²) in [6.07, 6.45) is -0.133. The molecule has 0 fully saturated rings. The Hall–Kier alpha value is -2.24. The van der Waals surface area contributed by atoms with E-state index < -0.39 is 18.0 Å². The molecular formula is C10H11N3O3. The van der Waals surface area contributed by atoms with Gasteiger partial charge in [0, 0.05) is 6.42 Å². The molecule has 0 aromatic heterocycles. The van der Waals surface area contributed by atoms with E-state index in [2.05, 4.69) is 5.43 Å². The average molecular weight is 221 g/mol. The maximum atomic E-state index is 11.5. The molecule has 1 heterocycles. The summed E-state index contributed by atoms with van der Waals surface area (Å²) in [7, 11) is 0. The number of nitrogens with one attached hydrogen (secondary N) is 2. The Labute approximate surface area is 91.7 Å². The molecule has 1 aliphatic rings. The van der Waals surface area contributed by atoms with Crippen LogP contribution in [-0.4, -0.2) is 18.0 Å². The van der Waals surface area contributed by atoms with Crippen molar-refractivity contribution in [3.05, 3.63) is 29.8 Å². The molecule has 1 unspecified atom stereocenters. The number of fused-ring (bicyclic) bond motifs is 1. The number of hydrazine groups is 1. The van der Waals surface area contributed by atoms with Crippen LogP contribution in [0.15, 0.2) is 24.3 Å². The molecule has 1 aromatic rings. The fourth-order valence-corrected chi connectivity index (χ4v) is 1.53. The number of urea groups is 1. The maximum Gasteiger partial charge on any atom is 0.330 e. The summed E-state index contributed by atoms with van der Waals surface area (Å²) >= 11 is 0. The van der Waals surface area contributed by atoms with Crippen molar-refractivity contribution in [1.82, 2.24) is 10.9 Å². The predicted molar refractivity (Wildman–Crippen MR) is 55.4 cm³/mol. The SMILES string of the molecule is NC(=O)NNC(=O)C1Cc2ccccc2O1. The van der Waals surface area contributed by atoms with Gasteiger partial charge in [-0.15, -0.1) is 0 Å². The molecule has 1 aromatic carbocycles. The molecule has 0 aliphatic carbocycles. The minimum atomic E-state index is -0.816. The van der Waals surface area contributed by atoms with Gasteiger partial charge in [0.1, 0.15) is 5.75 Å². The van der Waals surface area contributed by atoms with Crippen molar-refractivity contribution in [2.24, 2.45) is 5.73 Å². The van der Waals surface area contributed by atoms with Crippen LogP contribution in [0.1, 0.15) is 5.56 Å². The van der Waals surface area contributed by atoms with Gasteiger partial charge in [-0.05, 0) is 11.6 Å². The highest BCUT2D eigenvalue weighted by Gasteiger charge is 2.28. The average Bonchev–Trinajstić information content (AvgIpc) is 2.69. The van der Waals surface area contributed by atoms with Crippen molar-refractivity contribution >= 4 is 11.9 Å². The minimum Gasteiger partial charge on any atom is -0.480 e. The lowest BCUT2D eigenvalue weighted by Crippen LogP contribution is -2.49. The largest absolute Gasteiger partial charge is 0.480 e. The highest BCUT2D eigenvalue weighted by Crippen LogP contribution is 2.27. The second-order valence-corrected chi connectivity index (χ2v) is 3.40. The van der Waals surface area contributed by atoms with E-state index in [0.717, 1.165) is 5.56 Å². The molecule has 0 bridgehead atoms. The van der Waals surface area contributed by atoms with Crippen LogP contribution in [0.25, 0.3) is 0 Å². The number of ether oxygens (including phenoxy) is 1. The summed E-state index contributed by atoms with van der Waals surface area (Å²) in [6.45, 7) is 0. The van der Waals surface area contributed by atoms with E-state index in [0.29, 0.717) is 12.2 Å². The Bertz CT molecular complexity index is 408. The number of primary amides is 1. The van der Waals surface area contributed by atoms with Crippen molar-refractivity contribution in [3.63, 3.8) is 0 Å². The minimum absolute atomic E-state index is 0.421. The van der Waals surface area contributed by atoms with E-state index in [1.807, 2.05) is 23.6 Å². The lowest BCUT2D eigenvalue weighted by molar-refractivity contribution is -0.127. The third-order valence-electron chi connectivity index (χ3n) is 2.25. The molecule has 0 spiro atoms. The summed E-state index contributed by atoms with van der Waals surface area (Å²) in [5.74, 6) is 0.275. The van der Waals surface area contributed by atoms with E-state index in [-0.39, 0.29) is 0 Å². The van der Waals surface area contributed by atoms with Crippen LogP contribution in [-0.2, 0) is 11.2 Å². The van der Waals surface area contributed by atoms with Gasteiger partial charge < -0.3 is 10.5 Å². The van der Waals surface area contributed by atoms with Crippen molar-refractivity contribution < 1.29 is 14.3 Å². The van der Waals surface area contributed by atoms with Crippen LogP contribution in [0.5, 0.6) is 5.75 Å². The maximum absolute atomic E-state index is 11.5. The number of amides is 3. The summed E-state index contributed by atoms with van der Waals surface area (Å²) < 4.78 is 5.40. The number of para-hydroxylation sites is 1. The zero-order chi connectivity index (χ0) is 11.5. The number of nitrogens with two attached hydrogens (primary N) is 1. The fourth-order valence-electron chi connectivity index (χ4n) is 1.53. The van der Waals surface area contributed by atoms with Crippen molar-refractivity contribution in [2.75, 3.05) is 0 Å². The Balaban J connectivity index is 1.96. The predicted octanol–water partition coefficient (Wildman–Crippen LogP) is -0.310. The number of hydrogen-bond donors (Lipinski definition) is 3. The van der Waals surface area contributed by atoms with Crippen LogP contribution in [0.3, 0.4) is 0 Å². The zero-order valence-corrected chi connectivity index (χ0v) is 8.40. The highest BCUT2D eigenvalue weighted by atomic mass is 16.5. The lowest BCUT2D eigenvalue weighted by Gasteiger charge is -2.10. The number of carbonyl (C=O) groups excluding carboxylic acids is 2. The molecule has 1 atom stereocenters. The molecule has 1 aliphatic heterocycles. The Kier molecular flexibility index (Phi) is 2.63. The monoisotopic (exact) mass is 221 g/mol. The van der Waals surface area contributed by atoms with Crippen molar-refractivity contribution in [2.45, 2.75) is 12.5 Å². The first-order valence-electron chi connectivity index (χ1n) is 4.76. The van der Waals surface area contributed by atoms with Gasteiger partial charge in [0.15, 0.2) is 6.10 Å². The first-order chi connectivity index (χ1) is 7.66. The molecule has 3 amide bonds. The van der Waals surface area contributed by atoms with E-state index in [1.165, 1.54) is 0 Å². The second kappa shape index (κ2) is 4.09.